The Hall–Kier alpha value is -5.04. The van der Waals surface area contributed by atoms with Crippen LogP contribution in [0.25, 0.3) is 64.9 Å². The van der Waals surface area contributed by atoms with Crippen LogP contribution in [0.4, 0.5) is 0 Å². The zero-order valence-electron chi connectivity index (χ0n) is 21.0. The molecule has 0 atom stereocenters. The molecule has 0 saturated heterocycles. The number of fused-ring (bicyclic) bond motifs is 2. The summed E-state index contributed by atoms with van der Waals surface area (Å²) in [6.07, 6.45) is 0. The summed E-state index contributed by atoms with van der Waals surface area (Å²) in [6.45, 7) is 0. The lowest BCUT2D eigenvalue weighted by Gasteiger charge is -2.11. The molecule has 0 spiro atoms. The van der Waals surface area contributed by atoms with Crippen molar-refractivity contribution in [3.8, 4) is 50.0 Å². The van der Waals surface area contributed by atoms with Crippen LogP contribution < -0.4 is 0 Å². The van der Waals surface area contributed by atoms with E-state index < -0.39 is 0 Å². The summed E-state index contributed by atoms with van der Waals surface area (Å²) in [4.78, 5) is 4.93. The lowest BCUT2D eigenvalue weighted by molar-refractivity contribution is 1.47. The highest BCUT2D eigenvalue weighted by atomic mass is 32.1. The number of hydrogen-bond acceptors (Lipinski definition) is 3. The first-order valence-electron chi connectivity index (χ1n) is 12.8. The molecule has 0 saturated carbocycles. The summed E-state index contributed by atoms with van der Waals surface area (Å²) in [5.74, 6) is 0. The first-order valence-corrected chi connectivity index (χ1v) is 13.7. The van der Waals surface area contributed by atoms with Crippen molar-refractivity contribution in [3.05, 3.63) is 139 Å². The Bertz CT molecular complexity index is 1980. The van der Waals surface area contributed by atoms with E-state index in [0.717, 1.165) is 38.3 Å². The molecule has 1 aromatic heterocycles. The average Bonchev–Trinajstić information content (AvgIpc) is 3.45. The second kappa shape index (κ2) is 9.68. The molecule has 7 rings (SSSR count). The van der Waals surface area contributed by atoms with Gasteiger partial charge in [-0.15, -0.1) is 11.3 Å². The molecule has 2 nitrogen and oxygen atoms in total. The minimum absolute atomic E-state index is 0.658. The van der Waals surface area contributed by atoms with Crippen LogP contribution in [0.1, 0.15) is 5.56 Å². The van der Waals surface area contributed by atoms with Gasteiger partial charge >= 0.3 is 0 Å². The Balaban J connectivity index is 1.32. The fraction of sp³-hybridized carbons (Fsp3) is 0. The highest BCUT2D eigenvalue weighted by Crippen LogP contribution is 2.37. The number of benzene rings is 6. The standard InChI is InChI=1S/C36H22N2S/c37-23-24-9-11-27(12-10-24)31-20-32(22-33(21-31)36-38-34-7-3-4-8-35(34)39-36)28-15-13-26(14-16-28)30-18-17-25-5-1-2-6-29(25)19-30/h1-22H. The van der Waals surface area contributed by atoms with Crippen LogP contribution in [0.3, 0.4) is 0 Å². The van der Waals surface area contributed by atoms with Gasteiger partial charge in [0.1, 0.15) is 5.01 Å². The summed E-state index contributed by atoms with van der Waals surface area (Å²) < 4.78 is 1.18. The van der Waals surface area contributed by atoms with Crippen LogP contribution in [0.2, 0.25) is 0 Å². The Morgan fingerprint density at radius 2 is 1.05 bits per heavy atom. The van der Waals surface area contributed by atoms with E-state index in [4.69, 9.17) is 4.98 Å². The van der Waals surface area contributed by atoms with Gasteiger partial charge in [-0.2, -0.15) is 5.26 Å². The van der Waals surface area contributed by atoms with Crippen LogP contribution in [-0.2, 0) is 0 Å². The topological polar surface area (TPSA) is 36.7 Å². The maximum absolute atomic E-state index is 9.25. The van der Waals surface area contributed by atoms with Crippen molar-refractivity contribution in [2.24, 2.45) is 0 Å². The van der Waals surface area contributed by atoms with Crippen molar-refractivity contribution in [2.75, 3.05) is 0 Å². The van der Waals surface area contributed by atoms with Gasteiger partial charge in [0.15, 0.2) is 0 Å². The zero-order chi connectivity index (χ0) is 26.2. The third-order valence-electron chi connectivity index (χ3n) is 7.12. The van der Waals surface area contributed by atoms with Crippen molar-refractivity contribution in [1.82, 2.24) is 4.98 Å². The number of nitriles is 1. The zero-order valence-corrected chi connectivity index (χ0v) is 21.8. The van der Waals surface area contributed by atoms with Crippen molar-refractivity contribution in [2.45, 2.75) is 0 Å². The van der Waals surface area contributed by atoms with Gasteiger partial charge in [0.2, 0.25) is 0 Å². The van der Waals surface area contributed by atoms with E-state index in [1.165, 1.54) is 26.6 Å². The Kier molecular flexibility index (Phi) is 5.74. The predicted molar refractivity (Wildman–Crippen MR) is 164 cm³/mol. The SMILES string of the molecule is N#Cc1ccc(-c2cc(-c3ccc(-c4ccc5ccccc5c4)cc3)cc(-c3nc4ccccc4s3)c2)cc1. The number of hydrogen-bond donors (Lipinski definition) is 0. The average molecular weight is 515 g/mol. The normalized spacial score (nSPS) is 11.1. The van der Waals surface area contributed by atoms with Gasteiger partial charge in [0.05, 0.1) is 21.8 Å². The molecular formula is C36H22N2S. The van der Waals surface area contributed by atoms with Gasteiger partial charge < -0.3 is 0 Å². The Morgan fingerprint density at radius 3 is 1.74 bits per heavy atom. The van der Waals surface area contributed by atoms with Gasteiger partial charge in [-0.05, 0) is 92.7 Å². The van der Waals surface area contributed by atoms with Crippen LogP contribution in [0.15, 0.2) is 133 Å². The lowest BCUT2D eigenvalue weighted by atomic mass is 9.94. The summed E-state index contributed by atoms with van der Waals surface area (Å²) in [5.41, 5.74) is 9.63. The van der Waals surface area contributed by atoms with Crippen LogP contribution in [0, 0.1) is 11.3 Å². The van der Waals surface area contributed by atoms with Crippen molar-refractivity contribution in [3.63, 3.8) is 0 Å². The van der Waals surface area contributed by atoms with E-state index in [1.54, 1.807) is 11.3 Å². The van der Waals surface area contributed by atoms with Gasteiger partial charge in [-0.3, -0.25) is 0 Å². The molecule has 0 aliphatic heterocycles. The number of aromatic nitrogens is 1. The number of para-hydroxylation sites is 1. The maximum atomic E-state index is 9.25. The molecular weight excluding hydrogens is 492 g/mol. The van der Waals surface area contributed by atoms with E-state index in [0.29, 0.717) is 5.56 Å². The largest absolute Gasteiger partial charge is 0.236 e. The third-order valence-corrected chi connectivity index (χ3v) is 8.21. The maximum Gasteiger partial charge on any atom is 0.124 e. The second-order valence-electron chi connectivity index (χ2n) is 9.61. The third kappa shape index (κ3) is 4.48. The minimum atomic E-state index is 0.658. The summed E-state index contributed by atoms with van der Waals surface area (Å²) in [6, 6.07) is 48.8. The van der Waals surface area contributed by atoms with Crippen LogP contribution in [-0.4, -0.2) is 4.98 Å². The van der Waals surface area contributed by atoms with E-state index in [9.17, 15) is 5.26 Å². The minimum Gasteiger partial charge on any atom is -0.236 e. The van der Waals surface area contributed by atoms with Gasteiger partial charge in [0, 0.05) is 5.56 Å². The molecule has 0 radical (unpaired) electrons. The number of thiazole rings is 1. The smallest absolute Gasteiger partial charge is 0.124 e. The van der Waals surface area contributed by atoms with E-state index in [2.05, 4.69) is 109 Å². The molecule has 7 aromatic rings. The highest BCUT2D eigenvalue weighted by molar-refractivity contribution is 7.21. The Morgan fingerprint density at radius 1 is 0.487 bits per heavy atom. The molecule has 0 bridgehead atoms. The molecule has 0 aliphatic rings. The fourth-order valence-corrected chi connectivity index (χ4v) is 5.99. The molecule has 0 N–H and O–H groups in total. The van der Waals surface area contributed by atoms with Gasteiger partial charge in [-0.25, -0.2) is 4.98 Å². The van der Waals surface area contributed by atoms with Gasteiger partial charge in [-0.1, -0.05) is 84.9 Å². The first kappa shape index (κ1) is 23.1. The molecule has 3 heteroatoms. The molecule has 182 valence electrons. The van der Waals surface area contributed by atoms with Crippen LogP contribution >= 0.6 is 11.3 Å². The highest BCUT2D eigenvalue weighted by Gasteiger charge is 2.12. The molecule has 0 amide bonds. The summed E-state index contributed by atoms with van der Waals surface area (Å²) >= 11 is 1.71. The summed E-state index contributed by atoms with van der Waals surface area (Å²) in [7, 11) is 0. The van der Waals surface area contributed by atoms with Crippen molar-refractivity contribution >= 4 is 32.3 Å². The lowest BCUT2D eigenvalue weighted by Crippen LogP contribution is -1.87. The second-order valence-corrected chi connectivity index (χ2v) is 10.6. The molecule has 6 aromatic carbocycles. The fourth-order valence-electron chi connectivity index (χ4n) is 5.04. The van der Waals surface area contributed by atoms with E-state index >= 15 is 0 Å². The molecule has 0 fully saturated rings. The number of nitrogens with zero attached hydrogens (tertiary/aromatic N) is 2. The molecule has 0 aliphatic carbocycles. The quantitative estimate of drug-likeness (QED) is 0.234. The van der Waals surface area contributed by atoms with Crippen molar-refractivity contribution in [1.29, 1.82) is 5.26 Å². The van der Waals surface area contributed by atoms with Gasteiger partial charge in [0.25, 0.3) is 0 Å². The monoisotopic (exact) mass is 514 g/mol. The first-order chi connectivity index (χ1) is 19.2. The molecule has 0 unspecified atom stereocenters. The Labute approximate surface area is 231 Å². The summed E-state index contributed by atoms with van der Waals surface area (Å²) in [5, 5.41) is 12.7. The molecule has 1 heterocycles. The number of rotatable bonds is 4. The van der Waals surface area contributed by atoms with Crippen LogP contribution in [0.5, 0.6) is 0 Å². The van der Waals surface area contributed by atoms with E-state index in [1.807, 2.05) is 30.3 Å². The van der Waals surface area contributed by atoms with Crippen molar-refractivity contribution < 1.29 is 0 Å². The van der Waals surface area contributed by atoms with E-state index in [-0.39, 0.29) is 0 Å². The predicted octanol–water partition coefficient (Wildman–Crippen LogP) is 9.99. The molecule has 39 heavy (non-hydrogen) atoms.